The number of rotatable bonds is 6. The third kappa shape index (κ3) is 5.09. The van der Waals surface area contributed by atoms with Gasteiger partial charge in [-0.25, -0.2) is 0 Å². The molecule has 2 atom stereocenters. The summed E-state index contributed by atoms with van der Waals surface area (Å²) in [5, 5.41) is 13.2. The van der Waals surface area contributed by atoms with Crippen molar-refractivity contribution in [3.63, 3.8) is 0 Å². The second-order valence-corrected chi connectivity index (χ2v) is 14.4. The zero-order valence-electron chi connectivity index (χ0n) is 20.2. The lowest BCUT2D eigenvalue weighted by Crippen LogP contribution is -2.67. The zero-order valence-corrected chi connectivity index (χ0v) is 21.2. The number of halogens is 3. The van der Waals surface area contributed by atoms with Crippen LogP contribution in [0.1, 0.15) is 44.7 Å². The van der Waals surface area contributed by atoms with Crippen LogP contribution >= 0.6 is 0 Å². The van der Waals surface area contributed by atoms with E-state index in [2.05, 4.69) is 45.0 Å². The van der Waals surface area contributed by atoms with Gasteiger partial charge in [0.25, 0.3) is 8.32 Å². The van der Waals surface area contributed by atoms with Crippen molar-refractivity contribution in [3.8, 4) is 0 Å². The molecule has 0 radical (unpaired) electrons. The summed E-state index contributed by atoms with van der Waals surface area (Å²) in [6.45, 7) is 6.84. The minimum atomic E-state index is -4.43. The fourth-order valence-corrected chi connectivity index (χ4v) is 9.57. The van der Waals surface area contributed by atoms with E-state index in [-0.39, 0.29) is 24.2 Å². The molecule has 0 aliphatic carbocycles. The van der Waals surface area contributed by atoms with Crippen molar-refractivity contribution in [2.45, 2.75) is 56.7 Å². The van der Waals surface area contributed by atoms with Crippen molar-refractivity contribution in [2.75, 3.05) is 6.61 Å². The van der Waals surface area contributed by atoms with Gasteiger partial charge >= 0.3 is 6.18 Å². The molecule has 0 amide bonds. The molecule has 35 heavy (non-hydrogen) atoms. The Kier molecular flexibility index (Phi) is 6.99. The van der Waals surface area contributed by atoms with E-state index in [4.69, 9.17) is 9.16 Å². The van der Waals surface area contributed by atoms with Gasteiger partial charge in [-0.05, 0) is 34.0 Å². The van der Waals surface area contributed by atoms with Crippen molar-refractivity contribution >= 4 is 18.7 Å². The number of hydrogen-bond donors (Lipinski definition) is 1. The topological polar surface area (TPSA) is 38.7 Å². The van der Waals surface area contributed by atoms with Gasteiger partial charge in [-0.1, -0.05) is 93.6 Å². The lowest BCUT2D eigenvalue weighted by atomic mass is 10.0. The molecule has 3 aromatic carbocycles. The summed E-state index contributed by atoms with van der Waals surface area (Å²) in [4.78, 5) is 0. The molecule has 1 unspecified atom stereocenters. The van der Waals surface area contributed by atoms with Gasteiger partial charge in [-0.3, -0.25) is 0 Å². The summed E-state index contributed by atoms with van der Waals surface area (Å²) >= 11 is 0. The number of alkyl halides is 3. The number of benzene rings is 3. The summed E-state index contributed by atoms with van der Waals surface area (Å²) < 4.78 is 51.7. The first kappa shape index (κ1) is 25.6. The molecule has 1 fully saturated rings. The Balaban J connectivity index is 1.59. The average molecular weight is 501 g/mol. The van der Waals surface area contributed by atoms with Crippen LogP contribution in [0.15, 0.2) is 84.9 Å². The summed E-state index contributed by atoms with van der Waals surface area (Å²) in [5.41, 5.74) is -0.437. The Morgan fingerprint density at radius 3 is 1.86 bits per heavy atom. The molecule has 1 heterocycles. The van der Waals surface area contributed by atoms with Crippen LogP contribution in [0.2, 0.25) is 5.04 Å². The third-order valence-electron chi connectivity index (χ3n) is 6.73. The molecule has 3 aromatic rings. The van der Waals surface area contributed by atoms with Crippen LogP contribution < -0.4 is 10.4 Å². The van der Waals surface area contributed by atoms with Crippen molar-refractivity contribution in [1.29, 1.82) is 0 Å². The SMILES string of the molecule is CC(C)(C)[Si](OC[C@@H]1CCC(O)(c2ccc(C(F)(F)F)cc2)O1)(c1ccccc1)c1ccccc1. The second-order valence-electron chi connectivity index (χ2n) is 10.1. The van der Waals surface area contributed by atoms with Crippen LogP contribution in [0, 0.1) is 0 Å². The number of hydrogen-bond acceptors (Lipinski definition) is 3. The first-order chi connectivity index (χ1) is 16.5. The smallest absolute Gasteiger partial charge is 0.405 e. The van der Waals surface area contributed by atoms with E-state index in [1.807, 2.05) is 36.4 Å². The van der Waals surface area contributed by atoms with Gasteiger partial charge in [0.1, 0.15) is 0 Å². The van der Waals surface area contributed by atoms with E-state index in [1.165, 1.54) is 12.1 Å². The zero-order chi connectivity index (χ0) is 25.3. The van der Waals surface area contributed by atoms with Crippen LogP contribution in [0.3, 0.4) is 0 Å². The predicted molar refractivity (Wildman–Crippen MR) is 133 cm³/mol. The Morgan fingerprint density at radius 1 is 0.886 bits per heavy atom. The maximum atomic E-state index is 12.9. The Bertz CT molecular complexity index is 1070. The van der Waals surface area contributed by atoms with Crippen LogP contribution in [0.4, 0.5) is 13.2 Å². The van der Waals surface area contributed by atoms with Gasteiger partial charge < -0.3 is 14.3 Å². The van der Waals surface area contributed by atoms with E-state index in [1.54, 1.807) is 0 Å². The van der Waals surface area contributed by atoms with E-state index < -0.39 is 25.8 Å². The standard InChI is InChI=1S/C28H31F3O3Si/c1-26(2,3)35(24-10-6-4-7-11-24,25-12-8-5-9-13-25)33-20-23-18-19-27(32,34-23)21-14-16-22(17-15-21)28(29,30)31/h4-17,23,32H,18-20H2,1-3H3/t23-,27?/m0/s1. The van der Waals surface area contributed by atoms with Gasteiger partial charge in [0.15, 0.2) is 5.79 Å². The van der Waals surface area contributed by atoms with Crippen molar-refractivity contribution < 1.29 is 27.4 Å². The second kappa shape index (κ2) is 9.54. The molecule has 0 bridgehead atoms. The van der Waals surface area contributed by atoms with Crippen molar-refractivity contribution in [2.24, 2.45) is 0 Å². The molecule has 4 rings (SSSR count). The molecule has 1 saturated heterocycles. The van der Waals surface area contributed by atoms with Gasteiger partial charge in [-0.2, -0.15) is 13.2 Å². The maximum Gasteiger partial charge on any atom is 0.416 e. The quantitative estimate of drug-likeness (QED) is 0.448. The summed E-state index contributed by atoms with van der Waals surface area (Å²) in [7, 11) is -2.76. The lowest BCUT2D eigenvalue weighted by molar-refractivity contribution is -0.204. The largest absolute Gasteiger partial charge is 0.416 e. The molecular weight excluding hydrogens is 469 g/mol. The normalized spacial score (nSPS) is 21.3. The van der Waals surface area contributed by atoms with Crippen LogP contribution in [0.5, 0.6) is 0 Å². The molecule has 3 nitrogen and oxygen atoms in total. The molecule has 0 saturated carbocycles. The number of aliphatic hydroxyl groups is 1. The van der Waals surface area contributed by atoms with Gasteiger partial charge in [0, 0.05) is 12.0 Å². The highest BCUT2D eigenvalue weighted by molar-refractivity contribution is 6.99. The van der Waals surface area contributed by atoms with E-state index >= 15 is 0 Å². The fraction of sp³-hybridized carbons (Fsp3) is 0.357. The molecule has 0 spiro atoms. The lowest BCUT2D eigenvalue weighted by Gasteiger charge is -2.43. The van der Waals surface area contributed by atoms with Gasteiger partial charge in [-0.15, -0.1) is 0 Å². The highest BCUT2D eigenvalue weighted by Crippen LogP contribution is 2.41. The Morgan fingerprint density at radius 2 is 1.40 bits per heavy atom. The van der Waals surface area contributed by atoms with E-state index in [0.717, 1.165) is 22.5 Å². The Hall–Kier alpha value is -2.45. The molecular formula is C28H31F3O3Si. The minimum Gasteiger partial charge on any atom is -0.405 e. The van der Waals surface area contributed by atoms with Crippen LogP contribution in [-0.4, -0.2) is 26.1 Å². The minimum absolute atomic E-state index is 0.196. The van der Waals surface area contributed by atoms with E-state index in [9.17, 15) is 18.3 Å². The fourth-order valence-electron chi connectivity index (χ4n) is 4.98. The van der Waals surface area contributed by atoms with Gasteiger partial charge in [0.05, 0.1) is 18.3 Å². The van der Waals surface area contributed by atoms with Crippen LogP contribution in [-0.2, 0) is 21.1 Å². The number of ether oxygens (including phenoxy) is 1. The van der Waals surface area contributed by atoms with Gasteiger partial charge in [0.2, 0.25) is 0 Å². The predicted octanol–water partition coefficient (Wildman–Crippen LogP) is 5.61. The summed E-state index contributed by atoms with van der Waals surface area (Å²) in [6, 6.07) is 25.0. The van der Waals surface area contributed by atoms with E-state index in [0.29, 0.717) is 12.0 Å². The molecule has 1 N–H and O–H groups in total. The molecule has 1 aliphatic heterocycles. The summed E-state index contributed by atoms with van der Waals surface area (Å²) in [6.07, 6.45) is -3.99. The van der Waals surface area contributed by atoms with Crippen LogP contribution in [0.25, 0.3) is 0 Å². The average Bonchev–Trinajstić information content (AvgIpc) is 3.22. The first-order valence-electron chi connectivity index (χ1n) is 11.8. The highest BCUT2D eigenvalue weighted by Gasteiger charge is 2.51. The highest BCUT2D eigenvalue weighted by atomic mass is 28.4. The summed E-state index contributed by atoms with van der Waals surface area (Å²) in [5.74, 6) is -1.64. The molecule has 1 aliphatic rings. The maximum absolute atomic E-state index is 12.9. The van der Waals surface area contributed by atoms with Crippen molar-refractivity contribution in [3.05, 3.63) is 96.1 Å². The molecule has 0 aromatic heterocycles. The Labute approximate surface area is 205 Å². The first-order valence-corrected chi connectivity index (χ1v) is 13.7. The monoisotopic (exact) mass is 500 g/mol. The van der Waals surface area contributed by atoms with Crippen molar-refractivity contribution in [1.82, 2.24) is 0 Å². The molecule has 7 heteroatoms. The molecule has 186 valence electrons. The third-order valence-corrected chi connectivity index (χ3v) is 11.7.